The van der Waals surface area contributed by atoms with Crippen LogP contribution in [0.4, 0.5) is 4.39 Å². The van der Waals surface area contributed by atoms with Crippen LogP contribution in [0.25, 0.3) is 0 Å². The van der Waals surface area contributed by atoms with Crippen molar-refractivity contribution in [1.29, 1.82) is 0 Å². The van der Waals surface area contributed by atoms with Gasteiger partial charge in [-0.05, 0) is 36.1 Å². The van der Waals surface area contributed by atoms with Crippen molar-refractivity contribution in [3.63, 3.8) is 0 Å². The molecule has 0 saturated carbocycles. The van der Waals surface area contributed by atoms with Crippen molar-refractivity contribution < 1.29 is 13.9 Å². The molecule has 1 heterocycles. The van der Waals surface area contributed by atoms with E-state index in [1.807, 2.05) is 4.90 Å². The second kappa shape index (κ2) is 5.59. The summed E-state index contributed by atoms with van der Waals surface area (Å²) in [5, 5.41) is 0. The van der Waals surface area contributed by atoms with Crippen molar-refractivity contribution in [2.75, 3.05) is 19.7 Å². The molecule has 0 bridgehead atoms. The maximum Gasteiger partial charge on any atom is 0.222 e. The van der Waals surface area contributed by atoms with Gasteiger partial charge < -0.3 is 9.64 Å². The van der Waals surface area contributed by atoms with Crippen LogP contribution in [0.1, 0.15) is 26.7 Å². The Hall–Kier alpha value is -1.58. The molecule has 1 fully saturated rings. The smallest absolute Gasteiger partial charge is 0.222 e. The molecule has 0 aromatic heterocycles. The highest BCUT2D eigenvalue weighted by Crippen LogP contribution is 2.28. The van der Waals surface area contributed by atoms with E-state index in [4.69, 9.17) is 4.74 Å². The molecule has 1 saturated heterocycles. The molecular formula is C15H20FNO2. The molecule has 0 atom stereocenters. The van der Waals surface area contributed by atoms with Crippen molar-refractivity contribution in [3.8, 4) is 5.75 Å². The minimum atomic E-state index is -0.277. The Labute approximate surface area is 113 Å². The van der Waals surface area contributed by atoms with Crippen molar-refractivity contribution in [3.05, 3.63) is 30.1 Å². The predicted octanol–water partition coefficient (Wildman–Crippen LogP) is 2.85. The second-order valence-corrected chi connectivity index (χ2v) is 5.78. The topological polar surface area (TPSA) is 29.5 Å². The third-order valence-corrected chi connectivity index (χ3v) is 3.43. The number of hydrogen-bond acceptors (Lipinski definition) is 2. The Bertz CT molecular complexity index is 442. The number of hydrogen-bond donors (Lipinski definition) is 0. The minimum Gasteiger partial charge on any atom is -0.492 e. The molecular weight excluding hydrogens is 245 g/mol. The number of ether oxygens (including phenoxy) is 1. The average Bonchev–Trinajstić information content (AvgIpc) is 2.36. The first kappa shape index (κ1) is 13.8. The quantitative estimate of drug-likeness (QED) is 0.837. The van der Waals surface area contributed by atoms with Gasteiger partial charge in [0.15, 0.2) is 0 Å². The van der Waals surface area contributed by atoms with Crippen molar-refractivity contribution in [1.82, 2.24) is 4.90 Å². The van der Waals surface area contributed by atoms with Crippen LogP contribution in [0.5, 0.6) is 5.75 Å². The summed E-state index contributed by atoms with van der Waals surface area (Å²) >= 11 is 0. The summed E-state index contributed by atoms with van der Waals surface area (Å²) in [6, 6.07) is 5.92. The first-order valence-corrected chi connectivity index (χ1v) is 6.62. The van der Waals surface area contributed by atoms with Crippen LogP contribution < -0.4 is 4.74 Å². The number of carbonyl (C=O) groups is 1. The fourth-order valence-corrected chi connectivity index (χ4v) is 2.30. The molecule has 3 nitrogen and oxygen atoms in total. The summed E-state index contributed by atoms with van der Waals surface area (Å²) in [5.41, 5.74) is 0.184. The van der Waals surface area contributed by atoms with Gasteiger partial charge in [-0.25, -0.2) is 4.39 Å². The maximum atomic E-state index is 12.7. The van der Waals surface area contributed by atoms with Crippen LogP contribution >= 0.6 is 0 Å². The lowest BCUT2D eigenvalue weighted by molar-refractivity contribution is -0.137. The molecule has 1 aromatic carbocycles. The third kappa shape index (κ3) is 3.94. The highest BCUT2D eigenvalue weighted by Gasteiger charge is 2.30. The molecule has 19 heavy (non-hydrogen) atoms. The van der Waals surface area contributed by atoms with E-state index in [1.54, 1.807) is 12.1 Å². The Kier molecular flexibility index (Phi) is 4.08. The van der Waals surface area contributed by atoms with E-state index < -0.39 is 0 Å². The van der Waals surface area contributed by atoms with Gasteiger partial charge in [-0.3, -0.25) is 4.79 Å². The van der Waals surface area contributed by atoms with Gasteiger partial charge in [0.05, 0.1) is 6.54 Å². The van der Waals surface area contributed by atoms with E-state index in [0.717, 1.165) is 13.0 Å². The zero-order valence-corrected chi connectivity index (χ0v) is 11.5. The van der Waals surface area contributed by atoms with Crippen molar-refractivity contribution in [2.45, 2.75) is 26.7 Å². The van der Waals surface area contributed by atoms with Crippen molar-refractivity contribution in [2.24, 2.45) is 5.41 Å². The molecule has 0 aliphatic carbocycles. The molecule has 0 N–H and O–H groups in total. The molecule has 1 aliphatic rings. The van der Waals surface area contributed by atoms with Crippen molar-refractivity contribution >= 4 is 5.91 Å². The number of piperidine rings is 1. The van der Waals surface area contributed by atoms with E-state index in [2.05, 4.69) is 13.8 Å². The fraction of sp³-hybridized carbons (Fsp3) is 0.533. The highest BCUT2D eigenvalue weighted by atomic mass is 19.1. The van der Waals surface area contributed by atoms with Crippen LogP contribution in [0.15, 0.2) is 24.3 Å². The molecule has 4 heteroatoms. The number of likely N-dealkylation sites (tertiary alicyclic amines) is 1. The standard InChI is InChI=1S/C15H20FNO2/c1-15(2)8-7-14(18)17(11-15)9-10-19-13-5-3-12(16)4-6-13/h3-6H,7-11H2,1-2H3. The lowest BCUT2D eigenvalue weighted by atomic mass is 9.84. The first-order chi connectivity index (χ1) is 8.96. The summed E-state index contributed by atoms with van der Waals surface area (Å²) in [5.74, 6) is 0.549. The molecule has 1 aromatic rings. The third-order valence-electron chi connectivity index (χ3n) is 3.43. The van der Waals surface area contributed by atoms with Crippen LogP contribution in [0.2, 0.25) is 0 Å². The number of halogens is 1. The number of benzene rings is 1. The molecule has 2 rings (SSSR count). The van der Waals surface area contributed by atoms with Gasteiger partial charge in [-0.15, -0.1) is 0 Å². The first-order valence-electron chi connectivity index (χ1n) is 6.62. The van der Waals surface area contributed by atoms with Gasteiger partial charge in [0.2, 0.25) is 5.91 Å². The predicted molar refractivity (Wildman–Crippen MR) is 71.5 cm³/mol. The minimum absolute atomic E-state index is 0.184. The Balaban J connectivity index is 1.81. The highest BCUT2D eigenvalue weighted by molar-refractivity contribution is 5.77. The lowest BCUT2D eigenvalue weighted by Crippen LogP contribution is -2.45. The molecule has 0 radical (unpaired) electrons. The molecule has 0 unspecified atom stereocenters. The summed E-state index contributed by atoms with van der Waals surface area (Å²) in [7, 11) is 0. The molecule has 1 aliphatic heterocycles. The van der Waals surface area contributed by atoms with Crippen LogP contribution in [-0.2, 0) is 4.79 Å². The zero-order valence-electron chi connectivity index (χ0n) is 11.5. The van der Waals surface area contributed by atoms with Gasteiger partial charge in [0, 0.05) is 13.0 Å². The van der Waals surface area contributed by atoms with E-state index in [-0.39, 0.29) is 17.1 Å². The van der Waals surface area contributed by atoms with Gasteiger partial charge in [-0.2, -0.15) is 0 Å². The molecule has 1 amide bonds. The van der Waals surface area contributed by atoms with E-state index in [0.29, 0.717) is 25.3 Å². The number of carbonyl (C=O) groups excluding carboxylic acids is 1. The van der Waals surface area contributed by atoms with Gasteiger partial charge in [0.1, 0.15) is 18.2 Å². The van der Waals surface area contributed by atoms with E-state index in [1.165, 1.54) is 12.1 Å². The Morgan fingerprint density at radius 3 is 2.68 bits per heavy atom. The number of amides is 1. The largest absolute Gasteiger partial charge is 0.492 e. The van der Waals surface area contributed by atoms with E-state index >= 15 is 0 Å². The summed E-state index contributed by atoms with van der Waals surface area (Å²) < 4.78 is 18.2. The van der Waals surface area contributed by atoms with Gasteiger partial charge >= 0.3 is 0 Å². The number of rotatable bonds is 4. The summed E-state index contributed by atoms with van der Waals surface area (Å²) in [4.78, 5) is 13.6. The monoisotopic (exact) mass is 265 g/mol. The Morgan fingerprint density at radius 1 is 1.32 bits per heavy atom. The normalized spacial score (nSPS) is 18.5. The van der Waals surface area contributed by atoms with Crippen LogP contribution in [0, 0.1) is 11.2 Å². The Morgan fingerprint density at radius 2 is 2.00 bits per heavy atom. The summed E-state index contributed by atoms with van der Waals surface area (Å²) in [6.45, 7) is 6.15. The summed E-state index contributed by atoms with van der Waals surface area (Å²) in [6.07, 6.45) is 1.56. The fourth-order valence-electron chi connectivity index (χ4n) is 2.30. The van der Waals surface area contributed by atoms with Crippen LogP contribution in [-0.4, -0.2) is 30.5 Å². The molecule has 104 valence electrons. The maximum absolute atomic E-state index is 12.7. The van der Waals surface area contributed by atoms with Gasteiger partial charge in [-0.1, -0.05) is 13.8 Å². The van der Waals surface area contributed by atoms with Gasteiger partial charge in [0.25, 0.3) is 0 Å². The van der Waals surface area contributed by atoms with E-state index in [9.17, 15) is 9.18 Å². The average molecular weight is 265 g/mol. The second-order valence-electron chi connectivity index (χ2n) is 5.78. The SMILES string of the molecule is CC1(C)CCC(=O)N(CCOc2ccc(F)cc2)C1. The number of nitrogens with zero attached hydrogens (tertiary/aromatic N) is 1. The van der Waals surface area contributed by atoms with Crippen LogP contribution in [0.3, 0.4) is 0 Å². The molecule has 0 spiro atoms. The zero-order chi connectivity index (χ0) is 13.9. The lowest BCUT2D eigenvalue weighted by Gasteiger charge is -2.37.